The van der Waals surface area contributed by atoms with Gasteiger partial charge in [-0.2, -0.15) is 0 Å². The van der Waals surface area contributed by atoms with Gasteiger partial charge in [-0.05, 0) is 79.7 Å². The molecule has 720 valence electrons. The predicted molar refractivity (Wildman–Crippen MR) is 492 cm³/mol. The van der Waals surface area contributed by atoms with Gasteiger partial charge in [0.2, 0.25) is 11.8 Å². The smallest absolute Gasteiger partial charge is 0.333 e. The summed E-state index contributed by atoms with van der Waals surface area (Å²) in [6.07, 6.45) is 8.71. The van der Waals surface area contributed by atoms with Gasteiger partial charge >= 0.3 is 29.8 Å². The minimum atomic E-state index is -4.34. The molecule has 0 saturated carbocycles. The third kappa shape index (κ3) is 97.7. The van der Waals surface area contributed by atoms with Crippen molar-refractivity contribution < 1.29 is 149 Å². The van der Waals surface area contributed by atoms with Crippen molar-refractivity contribution in [2.75, 3.05) is 282 Å². The molecule has 0 aromatic rings. The molecule has 0 spiro atoms. The maximum Gasteiger partial charge on any atom is 0.333 e. The molecule has 3 unspecified atom stereocenters. The van der Waals surface area contributed by atoms with Crippen LogP contribution in [0.25, 0.3) is 0 Å². The number of quaternary nitrogens is 7. The molecule has 123 heavy (non-hydrogen) atoms. The summed E-state index contributed by atoms with van der Waals surface area (Å²) in [6, 6.07) is 0. The van der Waals surface area contributed by atoms with Gasteiger partial charge in [0.15, 0.2) is 0 Å². The topological polar surface area (TPSA) is 401 Å². The lowest BCUT2D eigenvalue weighted by Gasteiger charge is -2.30. The van der Waals surface area contributed by atoms with Crippen LogP contribution in [-0.4, -0.2) is 393 Å². The number of amides is 2. The summed E-state index contributed by atoms with van der Waals surface area (Å²) in [5.74, 6) is 9.50. The number of rotatable bonds is 57. The number of ether oxygens (including phenoxy) is 5. The van der Waals surface area contributed by atoms with Crippen LogP contribution in [0.2, 0.25) is 0 Å². The van der Waals surface area contributed by atoms with Crippen molar-refractivity contribution in [3.8, 4) is 0 Å². The van der Waals surface area contributed by atoms with Gasteiger partial charge in [-0.25, -0.2) is 37.4 Å². The predicted octanol–water partition coefficient (Wildman–Crippen LogP) is 5.65. The number of hydrogen-bond acceptors (Lipinski definition) is 24. The zero-order valence-corrected chi connectivity index (χ0v) is 83.9. The number of carbonyl (C=O) groups is 9. The lowest BCUT2D eigenvalue weighted by molar-refractivity contribution is -0.890. The van der Waals surface area contributed by atoms with Crippen LogP contribution in [-0.2, 0) is 104 Å². The van der Waals surface area contributed by atoms with Crippen LogP contribution in [0.3, 0.4) is 0 Å². The average Bonchev–Trinajstić information content (AvgIpc) is 0.946. The Balaban J connectivity index is -0.000000256. The standard InChI is InChI=1S/C14H28NO2S.C13H26N2O3S.C13H24NO3.C12H24NO2.C11H20N2O3.2C11H22NO6P/c1-13(2)14(16)17-11-10-15(3,4)9-8-12-18(5,6)7;1-12(2)13(16)14-8-6-9-15(3,4)10-7-11-19(5,17)18;1-11(2)13(16)17-10-9-14(4,5)8-6-7-12(3)15;1-6-7-8-13(4,5)9-10-15-12(14)11(2)3;1-9(2)11(16)12-6-8-13(3,4)7-5-10(14)15;2*1-10(2)11(13)16-8-9-18-19(14,15)17-7-6-12(3,4)5/h1,5-6,8-12H2,2-4,7H3;1,5-11H2,2-4H3,(H-,14,16,17,18);1,6-10H2,2-5H3;2,6-10H2,1,3-5H3;1,5-8H2,2-4H3,(H-,12,14,15,16);2*1,6-9H2,2-5H3/q+1;;2*+1;;;/p+1. The second kappa shape index (κ2) is 66.1. The number of phosphoric ester groups is 2. The number of nitrogens with one attached hydrogen (secondary N) is 2. The molecule has 0 aliphatic carbocycles. The number of unbranched alkanes of at least 4 members (excludes halogenated alkanes) is 1. The van der Waals surface area contributed by atoms with E-state index in [1.807, 2.05) is 56.4 Å². The average molecular weight is 1840 g/mol. The molecular weight excluding hydrogens is 1670 g/mol. The van der Waals surface area contributed by atoms with Gasteiger partial charge in [0, 0.05) is 95.8 Å². The molecule has 2 amide bonds. The Morgan fingerprint density at radius 2 is 0.634 bits per heavy atom. The van der Waals surface area contributed by atoms with E-state index in [2.05, 4.69) is 171 Å². The molecule has 0 aromatic heterocycles. The van der Waals surface area contributed by atoms with Crippen molar-refractivity contribution in [3.05, 3.63) is 85.1 Å². The number of Topliss-reactive ketones (excluding diaryl/α,β-unsaturated/α-hetero) is 1. The number of hydrogen-bond donors (Lipinski definition) is 3. The van der Waals surface area contributed by atoms with Gasteiger partial charge in [0.25, 0.3) is 15.6 Å². The van der Waals surface area contributed by atoms with Crippen molar-refractivity contribution in [1.29, 1.82) is 0 Å². The highest BCUT2D eigenvalue weighted by Gasteiger charge is 2.22. The Kier molecular flexibility index (Phi) is 69.7. The fourth-order valence-electron chi connectivity index (χ4n) is 8.60. The van der Waals surface area contributed by atoms with Crippen LogP contribution in [0, 0.1) is 0 Å². The van der Waals surface area contributed by atoms with E-state index in [0.29, 0.717) is 113 Å². The third-order valence-corrected chi connectivity index (χ3v) is 20.8. The molecule has 0 aliphatic heterocycles. The van der Waals surface area contributed by atoms with Crippen LogP contribution >= 0.6 is 24.9 Å². The molecule has 38 heteroatoms. The summed E-state index contributed by atoms with van der Waals surface area (Å²) in [5, 5.41) is 15.8. The Hall–Kier alpha value is -6.38. The fraction of sp³-hybridized carbons (Fsp3) is 0.694. The minimum absolute atomic E-state index is 0.0292. The molecule has 0 heterocycles. The van der Waals surface area contributed by atoms with E-state index >= 15 is 0 Å². The van der Waals surface area contributed by atoms with Gasteiger partial charge in [0.1, 0.15) is 84.8 Å². The largest absolute Gasteiger partial charge is 0.756 e. The number of carboxylic acid groups (broad SMARTS) is 1. The van der Waals surface area contributed by atoms with E-state index < -0.39 is 52.6 Å². The van der Waals surface area contributed by atoms with Crippen molar-refractivity contribution >= 4 is 106 Å². The van der Waals surface area contributed by atoms with E-state index in [1.165, 1.54) is 26.7 Å². The van der Waals surface area contributed by atoms with Gasteiger partial charge in [-0.15, -0.1) is 0 Å². The lowest BCUT2D eigenvalue weighted by atomic mass is 10.2. The van der Waals surface area contributed by atoms with E-state index in [0.717, 1.165) is 95.3 Å². The number of nitrogens with zero attached hydrogens (tertiary/aromatic N) is 7. The first-order valence-corrected chi connectivity index (χ1v) is 47.9. The summed E-state index contributed by atoms with van der Waals surface area (Å²) in [5.41, 5.74) is 2.81. The Morgan fingerprint density at radius 3 is 0.919 bits per heavy atom. The SMILES string of the molecule is C=C(C)C(=O)NCCC[N+](C)(C)CCCS(=C)(=O)O.C=C(C)C(=O)NCC[N+](C)(C)CCC(=O)[O-].C=C(C)C(=O)OCCOP(=O)([O-])OCC[N+](C)(C)C.C=C(C)C(=O)OCCOP(=O)([O-])OCC[N+](C)(C)C.C=C(C)C(=O)OCC[N+](C)(C)CCCC.C=C(C)C(=O)OCC[N+](C)(C)CCCC(C)=O.C=C(C)C(=O)OCC[N+](C)(C)CCCS(=C)(=C)C. The Labute approximate surface area is 741 Å². The number of likely N-dealkylation sites (N-methyl/N-ethyl adjacent to an activating group) is 6. The lowest BCUT2D eigenvalue weighted by Crippen LogP contribution is -2.47. The summed E-state index contributed by atoms with van der Waals surface area (Å²) >= 11 is 0. The number of aliphatic carboxylic acids is 1. The van der Waals surface area contributed by atoms with Gasteiger partial charge in [-0.1, -0.05) is 71.1 Å². The maximum absolute atomic E-state index is 11.3. The molecule has 0 aromatic carbocycles. The highest BCUT2D eigenvalue weighted by Crippen LogP contribution is 2.38. The molecule has 3 atom stereocenters. The molecule has 0 radical (unpaired) electrons. The number of ketones is 1. The molecule has 0 bridgehead atoms. The summed E-state index contributed by atoms with van der Waals surface area (Å²) < 4.78 is 90.7. The van der Waals surface area contributed by atoms with E-state index in [4.69, 9.17) is 18.8 Å². The van der Waals surface area contributed by atoms with Crippen molar-refractivity contribution in [1.82, 2.24) is 10.6 Å². The number of carbonyl (C=O) groups excluding carboxylic acids is 9. The number of esters is 5. The zero-order chi connectivity index (χ0) is 97.9. The molecule has 0 aliphatic rings. The monoisotopic (exact) mass is 1840 g/mol. The normalized spacial score (nSPS) is 13.0. The maximum atomic E-state index is 11.3. The highest BCUT2D eigenvalue weighted by molar-refractivity contribution is 8.27. The first-order chi connectivity index (χ1) is 55.5. The zero-order valence-electron chi connectivity index (χ0n) is 80.5. The van der Waals surface area contributed by atoms with Crippen LogP contribution in [0.4, 0.5) is 0 Å². The summed E-state index contributed by atoms with van der Waals surface area (Å²) in [6.45, 7) is 50.6. The second-order valence-electron chi connectivity index (χ2n) is 35.8. The van der Waals surface area contributed by atoms with E-state index in [9.17, 15) is 71.4 Å². The fourth-order valence-corrected chi connectivity index (χ4v) is 11.4. The van der Waals surface area contributed by atoms with Crippen LogP contribution in [0.5, 0.6) is 0 Å². The molecule has 0 fully saturated rings. The van der Waals surface area contributed by atoms with Crippen molar-refractivity contribution in [2.24, 2.45) is 0 Å². The number of phosphoric acid groups is 2. The van der Waals surface area contributed by atoms with Crippen LogP contribution in [0.15, 0.2) is 85.1 Å². The summed E-state index contributed by atoms with van der Waals surface area (Å²) in [4.78, 5) is 122. The van der Waals surface area contributed by atoms with Gasteiger partial charge in [-0.3, -0.25) is 18.7 Å². The van der Waals surface area contributed by atoms with Crippen molar-refractivity contribution in [2.45, 2.75) is 114 Å². The molecule has 34 nitrogen and oxygen atoms in total. The van der Waals surface area contributed by atoms with Crippen LogP contribution < -0.4 is 25.5 Å². The third-order valence-electron chi connectivity index (χ3n) is 16.6. The molecule has 3 N–H and O–H groups in total. The van der Waals surface area contributed by atoms with Gasteiger partial charge < -0.3 is 113 Å². The molecule has 0 saturated heterocycles. The molecular formula is C85H167N9O25P2S2+4. The first-order valence-electron chi connectivity index (χ1n) is 40.6. The molecule has 0 rings (SSSR count). The second-order valence-corrected chi connectivity index (χ2v) is 44.0. The van der Waals surface area contributed by atoms with Crippen LogP contribution in [0.1, 0.15) is 114 Å². The number of carboxylic acids is 1. The van der Waals surface area contributed by atoms with Gasteiger partial charge in [0.05, 0.1) is 188 Å². The quantitative estimate of drug-likeness (QED) is 0.0126. The summed E-state index contributed by atoms with van der Waals surface area (Å²) in [7, 11) is 19.7. The first kappa shape index (κ1) is 130. The van der Waals surface area contributed by atoms with E-state index in [-0.39, 0.29) is 98.5 Å². The Bertz CT molecular complexity index is 3570. The van der Waals surface area contributed by atoms with E-state index in [1.54, 1.807) is 41.5 Å². The minimum Gasteiger partial charge on any atom is -0.756 e. The Morgan fingerprint density at radius 1 is 0.358 bits per heavy atom. The van der Waals surface area contributed by atoms with Crippen molar-refractivity contribution in [3.63, 3.8) is 0 Å². The highest BCUT2D eigenvalue weighted by atomic mass is 32.2.